The Morgan fingerprint density at radius 1 is 1.24 bits per heavy atom. The van der Waals surface area contributed by atoms with E-state index in [1.807, 2.05) is 36.4 Å². The highest BCUT2D eigenvalue weighted by atomic mass is 32.2. The molecule has 0 unspecified atom stereocenters. The quantitative estimate of drug-likeness (QED) is 0.898. The van der Waals surface area contributed by atoms with Crippen molar-refractivity contribution in [2.75, 3.05) is 0 Å². The zero-order chi connectivity index (χ0) is 12.1. The fourth-order valence-electron chi connectivity index (χ4n) is 1.35. The van der Waals surface area contributed by atoms with Gasteiger partial charge in [-0.3, -0.25) is 0 Å². The Morgan fingerprint density at radius 3 is 2.65 bits per heavy atom. The number of aliphatic hydroxyl groups is 1. The van der Waals surface area contributed by atoms with Crippen LogP contribution in [0.15, 0.2) is 52.4 Å². The molecule has 0 saturated heterocycles. The molecule has 0 bridgehead atoms. The van der Waals surface area contributed by atoms with E-state index in [1.165, 1.54) is 11.8 Å². The van der Waals surface area contributed by atoms with Gasteiger partial charge in [-0.1, -0.05) is 23.9 Å². The second-order valence-corrected chi connectivity index (χ2v) is 4.48. The lowest BCUT2D eigenvalue weighted by molar-refractivity contribution is 0.282. The Labute approximate surface area is 104 Å². The van der Waals surface area contributed by atoms with Gasteiger partial charge in [0, 0.05) is 16.0 Å². The van der Waals surface area contributed by atoms with Crippen LogP contribution in [0.4, 0.5) is 0 Å². The maximum atomic E-state index is 8.94. The smallest absolute Gasteiger partial charge is 0.154 e. The molecule has 0 aliphatic heterocycles. The molecular formula is C13H10N2OS. The average molecular weight is 242 g/mol. The second-order valence-electron chi connectivity index (χ2n) is 3.37. The van der Waals surface area contributed by atoms with Crippen LogP contribution >= 0.6 is 11.8 Å². The molecule has 1 heterocycles. The number of nitrogens with zero attached hydrogens (tertiary/aromatic N) is 2. The molecule has 0 aliphatic carbocycles. The minimum absolute atomic E-state index is 0.0429. The van der Waals surface area contributed by atoms with Crippen LogP contribution in [0.25, 0.3) is 0 Å². The Hall–Kier alpha value is -1.83. The maximum absolute atomic E-state index is 8.94. The molecule has 0 atom stereocenters. The summed E-state index contributed by atoms with van der Waals surface area (Å²) < 4.78 is 0. The number of hydrogen-bond acceptors (Lipinski definition) is 4. The highest BCUT2D eigenvalue weighted by molar-refractivity contribution is 7.99. The van der Waals surface area contributed by atoms with E-state index < -0.39 is 0 Å². The molecule has 17 heavy (non-hydrogen) atoms. The number of aromatic nitrogens is 1. The molecular weight excluding hydrogens is 232 g/mol. The average Bonchev–Trinajstić information content (AvgIpc) is 2.40. The minimum Gasteiger partial charge on any atom is -0.392 e. The van der Waals surface area contributed by atoms with Gasteiger partial charge in [-0.05, 0) is 29.8 Å². The fraction of sp³-hybridized carbons (Fsp3) is 0.0769. The van der Waals surface area contributed by atoms with E-state index in [1.54, 1.807) is 6.20 Å². The van der Waals surface area contributed by atoms with Crippen LogP contribution in [0.1, 0.15) is 11.3 Å². The third kappa shape index (κ3) is 2.84. The van der Waals surface area contributed by atoms with Crippen LogP contribution in [0.2, 0.25) is 0 Å². The van der Waals surface area contributed by atoms with Crippen LogP contribution in [0.3, 0.4) is 0 Å². The number of benzene rings is 1. The lowest BCUT2D eigenvalue weighted by atomic mass is 10.2. The summed E-state index contributed by atoms with van der Waals surface area (Å²) in [6.07, 6.45) is 1.61. The summed E-state index contributed by atoms with van der Waals surface area (Å²) >= 11 is 1.49. The molecule has 84 valence electrons. The molecule has 0 spiro atoms. The third-order valence-electron chi connectivity index (χ3n) is 2.21. The Kier molecular flexibility index (Phi) is 3.76. The Balaban J connectivity index is 2.23. The van der Waals surface area contributed by atoms with E-state index in [2.05, 4.69) is 11.1 Å². The van der Waals surface area contributed by atoms with Crippen molar-refractivity contribution in [3.8, 4) is 6.07 Å². The van der Waals surface area contributed by atoms with Gasteiger partial charge in [-0.2, -0.15) is 5.26 Å². The van der Waals surface area contributed by atoms with E-state index in [0.717, 1.165) is 15.4 Å². The van der Waals surface area contributed by atoms with Gasteiger partial charge in [0.15, 0.2) is 5.69 Å². The summed E-state index contributed by atoms with van der Waals surface area (Å²) in [5, 5.41) is 17.9. The minimum atomic E-state index is 0.0429. The molecule has 1 N–H and O–H groups in total. The molecule has 1 aromatic carbocycles. The molecule has 0 aliphatic rings. The van der Waals surface area contributed by atoms with E-state index in [0.29, 0.717) is 5.69 Å². The number of hydrogen-bond donors (Lipinski definition) is 1. The van der Waals surface area contributed by atoms with Gasteiger partial charge in [0.1, 0.15) is 6.07 Å². The van der Waals surface area contributed by atoms with Gasteiger partial charge in [0.25, 0.3) is 0 Å². The largest absolute Gasteiger partial charge is 0.392 e. The normalized spacial score (nSPS) is 9.88. The predicted octanol–water partition coefficient (Wildman–Crippen LogP) is 2.60. The van der Waals surface area contributed by atoms with Gasteiger partial charge >= 0.3 is 0 Å². The lowest BCUT2D eigenvalue weighted by Crippen LogP contribution is -1.86. The summed E-state index contributed by atoms with van der Waals surface area (Å²) in [4.78, 5) is 5.86. The van der Waals surface area contributed by atoms with Gasteiger partial charge < -0.3 is 5.11 Å². The SMILES string of the molecule is N#Cc1ncccc1Sc1ccc(CO)cc1. The first-order chi connectivity index (χ1) is 8.33. The van der Waals surface area contributed by atoms with E-state index >= 15 is 0 Å². The van der Waals surface area contributed by atoms with Crippen molar-refractivity contribution in [2.45, 2.75) is 16.4 Å². The summed E-state index contributed by atoms with van der Waals surface area (Å²) in [5.41, 5.74) is 1.31. The monoisotopic (exact) mass is 242 g/mol. The summed E-state index contributed by atoms with van der Waals surface area (Å²) in [5.74, 6) is 0. The molecule has 0 fully saturated rings. The standard InChI is InChI=1S/C13H10N2OS/c14-8-12-13(2-1-7-15-12)17-11-5-3-10(9-16)4-6-11/h1-7,16H,9H2. The topological polar surface area (TPSA) is 56.9 Å². The van der Waals surface area contributed by atoms with Crippen LogP contribution in [-0.2, 0) is 6.61 Å². The van der Waals surface area contributed by atoms with Crippen molar-refractivity contribution in [2.24, 2.45) is 0 Å². The van der Waals surface area contributed by atoms with Crippen molar-refractivity contribution < 1.29 is 5.11 Å². The van der Waals surface area contributed by atoms with Gasteiger partial charge in [-0.25, -0.2) is 4.98 Å². The number of pyridine rings is 1. The summed E-state index contributed by atoms with van der Waals surface area (Å²) in [7, 11) is 0. The van der Waals surface area contributed by atoms with Crippen molar-refractivity contribution >= 4 is 11.8 Å². The van der Waals surface area contributed by atoms with Crippen LogP contribution < -0.4 is 0 Å². The van der Waals surface area contributed by atoms with Crippen molar-refractivity contribution in [3.05, 3.63) is 53.9 Å². The number of nitriles is 1. The van der Waals surface area contributed by atoms with Crippen molar-refractivity contribution in [1.29, 1.82) is 5.26 Å². The van der Waals surface area contributed by atoms with Crippen molar-refractivity contribution in [3.63, 3.8) is 0 Å². The fourth-order valence-corrected chi connectivity index (χ4v) is 2.21. The van der Waals surface area contributed by atoms with Crippen LogP contribution in [0.5, 0.6) is 0 Å². The first-order valence-corrected chi connectivity index (χ1v) is 5.88. The Morgan fingerprint density at radius 2 is 2.00 bits per heavy atom. The third-order valence-corrected chi connectivity index (χ3v) is 3.27. The molecule has 0 amide bonds. The number of aliphatic hydroxyl groups excluding tert-OH is 1. The first-order valence-electron chi connectivity index (χ1n) is 5.06. The molecule has 3 nitrogen and oxygen atoms in total. The molecule has 1 aromatic heterocycles. The van der Waals surface area contributed by atoms with E-state index in [9.17, 15) is 0 Å². The zero-order valence-electron chi connectivity index (χ0n) is 9.00. The first kappa shape index (κ1) is 11.6. The second kappa shape index (κ2) is 5.48. The molecule has 0 saturated carbocycles. The van der Waals surface area contributed by atoms with E-state index in [4.69, 9.17) is 10.4 Å². The van der Waals surface area contributed by atoms with Crippen molar-refractivity contribution in [1.82, 2.24) is 4.98 Å². The van der Waals surface area contributed by atoms with Crippen LogP contribution in [-0.4, -0.2) is 10.1 Å². The van der Waals surface area contributed by atoms with Crippen LogP contribution in [0, 0.1) is 11.3 Å². The zero-order valence-corrected chi connectivity index (χ0v) is 9.81. The maximum Gasteiger partial charge on any atom is 0.154 e. The molecule has 2 aromatic rings. The highest BCUT2D eigenvalue weighted by Gasteiger charge is 2.04. The summed E-state index contributed by atoms with van der Waals surface area (Å²) in [6.45, 7) is 0.0429. The Bertz CT molecular complexity index is 546. The van der Waals surface area contributed by atoms with Gasteiger partial charge in [-0.15, -0.1) is 0 Å². The van der Waals surface area contributed by atoms with Gasteiger partial charge in [0.2, 0.25) is 0 Å². The van der Waals surface area contributed by atoms with E-state index in [-0.39, 0.29) is 6.61 Å². The molecule has 4 heteroatoms. The highest BCUT2D eigenvalue weighted by Crippen LogP contribution is 2.29. The summed E-state index contributed by atoms with van der Waals surface area (Å²) in [6, 6.07) is 13.3. The number of rotatable bonds is 3. The van der Waals surface area contributed by atoms with Gasteiger partial charge in [0.05, 0.1) is 6.61 Å². The lowest BCUT2D eigenvalue weighted by Gasteiger charge is -2.03. The molecule has 0 radical (unpaired) electrons. The predicted molar refractivity (Wildman–Crippen MR) is 65.4 cm³/mol. The molecule has 2 rings (SSSR count).